The minimum Gasteiger partial charge on any atom is -1.00 e. The Morgan fingerprint density at radius 2 is 0.417 bits per heavy atom. The van der Waals surface area contributed by atoms with Crippen molar-refractivity contribution in [2.75, 3.05) is 80.5 Å². The molecule has 4 nitrogen and oxygen atoms in total. The summed E-state index contributed by atoms with van der Waals surface area (Å²) in [6, 6.07) is 0. The molecule has 0 aromatic carbocycles. The van der Waals surface area contributed by atoms with Crippen LogP contribution >= 0.6 is 0 Å². The topological polar surface area (TPSA) is 13.0 Å². The first kappa shape index (κ1) is 51.5. The Hall–Kier alpha value is 4.84. The Balaban J connectivity index is -0.0000000267. The predicted octanol–water partition coefficient (Wildman–Crippen LogP) is -12.3. The minimum absolute atomic E-state index is 0. The van der Waals surface area contributed by atoms with Crippen LogP contribution in [0.15, 0.2) is 0 Å². The molecular weight excluding hydrogens is 962 g/mol. The summed E-state index contributed by atoms with van der Waals surface area (Å²) in [5.41, 5.74) is 0. The van der Waals surface area contributed by atoms with E-state index in [1.165, 1.54) is 52.4 Å². The van der Waals surface area contributed by atoms with Gasteiger partial charge in [0.1, 0.15) is 0 Å². The molecule has 0 N–H and O–H groups in total. The van der Waals surface area contributed by atoms with Crippen molar-refractivity contribution >= 4 is 0 Å². The number of hydrogen-bond acceptors (Lipinski definition) is 4. The van der Waals surface area contributed by atoms with Crippen molar-refractivity contribution in [1.82, 2.24) is 19.6 Å². The minimum atomic E-state index is 0. The standard InChI is InChI=1S/2C6H14N2.4Cu.4HI/c2*1-7-3-5-8(2)6-4-7;;;;;;;;/h2*3-6H2,1-2H3;;;;;4*1H/q;;4*+1;;;;/p-4. The molecule has 12 heteroatoms. The Kier molecular flexibility index (Phi) is 69.7. The Bertz CT molecular complexity index is 160. The second-order valence-electron chi connectivity index (χ2n) is 5.21. The molecule has 0 atom stereocenters. The van der Waals surface area contributed by atoms with E-state index in [4.69, 9.17) is 0 Å². The summed E-state index contributed by atoms with van der Waals surface area (Å²) < 4.78 is 0. The molecule has 2 aliphatic heterocycles. The van der Waals surface area contributed by atoms with Crippen LogP contribution in [0.25, 0.3) is 0 Å². The van der Waals surface area contributed by atoms with Gasteiger partial charge in [-0.1, -0.05) is 0 Å². The van der Waals surface area contributed by atoms with Gasteiger partial charge in [0.2, 0.25) is 0 Å². The summed E-state index contributed by atoms with van der Waals surface area (Å²) in [5, 5.41) is 0. The third-order valence-electron chi connectivity index (χ3n) is 3.45. The molecule has 0 aromatic heterocycles. The van der Waals surface area contributed by atoms with Gasteiger partial charge in [-0.05, 0) is 28.2 Å². The molecule has 2 aliphatic rings. The first-order valence-corrected chi connectivity index (χ1v) is 6.32. The number of halogens is 4. The van der Waals surface area contributed by atoms with Crippen molar-refractivity contribution in [3.8, 4) is 0 Å². The average Bonchev–Trinajstić information content (AvgIpc) is 2.28. The van der Waals surface area contributed by atoms with Crippen molar-refractivity contribution in [2.45, 2.75) is 0 Å². The van der Waals surface area contributed by atoms with E-state index in [-0.39, 0.29) is 164 Å². The summed E-state index contributed by atoms with van der Waals surface area (Å²) >= 11 is 0. The number of rotatable bonds is 0. The second kappa shape index (κ2) is 32.5. The van der Waals surface area contributed by atoms with Crippen LogP contribution in [0, 0.1) is 0 Å². The van der Waals surface area contributed by atoms with Crippen LogP contribution in [-0.4, -0.2) is 100 Å². The van der Waals surface area contributed by atoms with E-state index in [0.29, 0.717) is 0 Å². The van der Waals surface area contributed by atoms with Gasteiger partial charge in [-0.2, -0.15) is 0 Å². The molecule has 168 valence electrons. The number of hydrogen-bond donors (Lipinski definition) is 0. The van der Waals surface area contributed by atoms with E-state index in [2.05, 4.69) is 47.8 Å². The average molecular weight is 990 g/mol. The molecule has 0 unspecified atom stereocenters. The van der Waals surface area contributed by atoms with Gasteiger partial charge in [0.15, 0.2) is 0 Å². The van der Waals surface area contributed by atoms with Gasteiger partial charge in [-0.15, -0.1) is 0 Å². The van der Waals surface area contributed by atoms with Crippen molar-refractivity contribution in [3.05, 3.63) is 0 Å². The quantitative estimate of drug-likeness (QED) is 0.177. The van der Waals surface area contributed by atoms with E-state index >= 15 is 0 Å². The number of likely N-dealkylation sites (N-methyl/N-ethyl adjacent to an activating group) is 4. The third kappa shape index (κ3) is 29.0. The molecule has 2 heterocycles. The first-order valence-electron chi connectivity index (χ1n) is 6.32. The van der Waals surface area contributed by atoms with Crippen molar-refractivity contribution in [3.63, 3.8) is 0 Å². The van der Waals surface area contributed by atoms with E-state index in [1.807, 2.05) is 0 Å². The van der Waals surface area contributed by atoms with Gasteiger partial charge in [-0.3, -0.25) is 0 Å². The zero-order valence-corrected chi connectivity index (χ0v) is 26.6. The monoisotopic (exact) mass is 988 g/mol. The van der Waals surface area contributed by atoms with Crippen LogP contribution in [0.1, 0.15) is 0 Å². The van der Waals surface area contributed by atoms with E-state index < -0.39 is 0 Å². The molecule has 0 aliphatic carbocycles. The van der Waals surface area contributed by atoms with Gasteiger partial charge in [0.05, 0.1) is 0 Å². The molecule has 0 amide bonds. The molecule has 0 bridgehead atoms. The van der Waals surface area contributed by atoms with Gasteiger partial charge >= 0.3 is 68.3 Å². The molecule has 2 rings (SSSR count). The Morgan fingerprint density at radius 3 is 0.500 bits per heavy atom. The molecule has 2 saturated heterocycles. The van der Waals surface area contributed by atoms with Crippen molar-refractivity contribution in [2.24, 2.45) is 0 Å². The molecule has 0 spiro atoms. The molecular formula is C12H28Cu4I4N4. The molecule has 24 heavy (non-hydrogen) atoms. The van der Waals surface area contributed by atoms with Crippen LogP contribution in [0.3, 0.4) is 0 Å². The zero-order chi connectivity index (χ0) is 12.0. The maximum Gasteiger partial charge on any atom is 1.00 e. The predicted molar refractivity (Wildman–Crippen MR) is 70.0 cm³/mol. The fourth-order valence-corrected chi connectivity index (χ4v) is 1.81. The maximum absolute atomic E-state index is 2.36. The van der Waals surface area contributed by atoms with Crippen LogP contribution in [-0.2, 0) is 68.3 Å². The Labute approximate surface area is 260 Å². The van der Waals surface area contributed by atoms with Gasteiger partial charge in [0, 0.05) is 52.4 Å². The maximum atomic E-state index is 2.36. The molecule has 0 radical (unpaired) electrons. The summed E-state index contributed by atoms with van der Waals surface area (Å²) in [5.74, 6) is 0. The summed E-state index contributed by atoms with van der Waals surface area (Å²) in [7, 11) is 8.69. The van der Waals surface area contributed by atoms with Gasteiger partial charge < -0.3 is 116 Å². The molecule has 2 fully saturated rings. The molecule has 0 saturated carbocycles. The summed E-state index contributed by atoms with van der Waals surface area (Å²) in [6.07, 6.45) is 0. The SMILES string of the molecule is CN1CCN(C)CC1.CN1CCN(C)CC1.[Cu+].[Cu+].[Cu+].[Cu+].[I-].[I-].[I-].[I-]. The van der Waals surface area contributed by atoms with E-state index in [1.54, 1.807) is 0 Å². The van der Waals surface area contributed by atoms with E-state index in [9.17, 15) is 0 Å². The fraction of sp³-hybridized carbons (Fsp3) is 1.00. The second-order valence-corrected chi connectivity index (χ2v) is 5.21. The van der Waals surface area contributed by atoms with Crippen molar-refractivity contribution < 1.29 is 164 Å². The first-order chi connectivity index (χ1) is 7.58. The van der Waals surface area contributed by atoms with Crippen LogP contribution in [0.5, 0.6) is 0 Å². The van der Waals surface area contributed by atoms with Crippen LogP contribution < -0.4 is 95.9 Å². The van der Waals surface area contributed by atoms with Gasteiger partial charge in [-0.25, -0.2) is 0 Å². The summed E-state index contributed by atoms with van der Waals surface area (Å²) in [6.45, 7) is 9.86. The normalized spacial score (nSPS) is 17.5. The largest absolute Gasteiger partial charge is 1.00 e. The number of piperazine rings is 2. The van der Waals surface area contributed by atoms with Crippen molar-refractivity contribution in [1.29, 1.82) is 0 Å². The third-order valence-corrected chi connectivity index (χ3v) is 3.45. The van der Waals surface area contributed by atoms with Crippen LogP contribution in [0.2, 0.25) is 0 Å². The number of nitrogens with zero attached hydrogens (tertiary/aromatic N) is 4. The molecule has 0 aromatic rings. The van der Waals surface area contributed by atoms with Crippen LogP contribution in [0.4, 0.5) is 0 Å². The zero-order valence-electron chi connectivity index (χ0n) is 14.2. The smallest absolute Gasteiger partial charge is 1.00 e. The fourth-order valence-electron chi connectivity index (χ4n) is 1.81. The van der Waals surface area contributed by atoms with E-state index in [0.717, 1.165) is 0 Å². The summed E-state index contributed by atoms with van der Waals surface area (Å²) in [4.78, 5) is 9.44. The van der Waals surface area contributed by atoms with Gasteiger partial charge in [0.25, 0.3) is 0 Å². The Morgan fingerprint density at radius 1 is 0.333 bits per heavy atom.